The summed E-state index contributed by atoms with van der Waals surface area (Å²) in [5.41, 5.74) is 0. The number of carbonyl (C=O) groups is 1. The van der Waals surface area contributed by atoms with Crippen LogP contribution >= 0.6 is 0 Å². The Hall–Kier alpha value is -1.87. The molecule has 0 aliphatic rings. The molecule has 126 valence electrons. The Kier molecular flexibility index (Phi) is 17.5. The van der Waals surface area contributed by atoms with Gasteiger partial charge in [-0.15, -0.1) is 12.8 Å². The van der Waals surface area contributed by atoms with Crippen molar-refractivity contribution in [2.75, 3.05) is 7.11 Å². The van der Waals surface area contributed by atoms with Crippen molar-refractivity contribution in [2.45, 2.75) is 65.3 Å². The number of hydrogen-bond acceptors (Lipinski definition) is 4. The van der Waals surface area contributed by atoms with Crippen LogP contribution in [-0.2, 0) is 17.8 Å². The van der Waals surface area contributed by atoms with Gasteiger partial charge in [-0.05, 0) is 6.42 Å². The lowest BCUT2D eigenvalue weighted by molar-refractivity contribution is -0.121. The highest BCUT2D eigenvalue weighted by Gasteiger charge is 2.04. The Morgan fingerprint density at radius 2 is 1.82 bits per heavy atom. The molecular formula is C16H30N4O2. The van der Waals surface area contributed by atoms with Crippen LogP contribution in [0.2, 0.25) is 0 Å². The predicted molar refractivity (Wildman–Crippen MR) is 89.0 cm³/mol. The highest BCUT2D eigenvalue weighted by molar-refractivity contribution is 5.75. The number of H-pyrrole nitrogens is 1. The molecule has 0 bridgehead atoms. The standard InChI is InChI=1S/C13H24N4O.C2H2.CH4O/c1-3-5-6-7-8-9-13(18)14-10-12-15-11(4-2)16-17-12;2*1-2/h3-10H2,1-2H3,(H,14,18)(H,15,16,17);1-2H;2H,1H3. The van der Waals surface area contributed by atoms with Gasteiger partial charge in [0.2, 0.25) is 5.91 Å². The van der Waals surface area contributed by atoms with Crippen LogP contribution in [0.1, 0.15) is 64.0 Å². The van der Waals surface area contributed by atoms with E-state index < -0.39 is 0 Å². The minimum atomic E-state index is 0.0981. The first-order valence-electron chi connectivity index (χ1n) is 7.71. The van der Waals surface area contributed by atoms with Crippen LogP contribution in [0.25, 0.3) is 0 Å². The molecule has 6 heteroatoms. The molecule has 1 aromatic heterocycles. The third kappa shape index (κ3) is 11.9. The molecule has 0 saturated carbocycles. The molecule has 0 aliphatic carbocycles. The van der Waals surface area contributed by atoms with Crippen molar-refractivity contribution in [3.05, 3.63) is 11.6 Å². The number of carbonyl (C=O) groups excluding carboxylic acids is 1. The van der Waals surface area contributed by atoms with E-state index in [1.807, 2.05) is 6.92 Å². The number of aliphatic hydroxyl groups excluding tert-OH is 1. The smallest absolute Gasteiger partial charge is 0.220 e. The van der Waals surface area contributed by atoms with Gasteiger partial charge in [-0.3, -0.25) is 9.89 Å². The van der Waals surface area contributed by atoms with Gasteiger partial charge >= 0.3 is 0 Å². The van der Waals surface area contributed by atoms with Crippen molar-refractivity contribution in [1.82, 2.24) is 20.5 Å². The molecular weight excluding hydrogens is 280 g/mol. The fourth-order valence-electron chi connectivity index (χ4n) is 1.73. The number of amides is 1. The van der Waals surface area contributed by atoms with Gasteiger partial charge in [0.1, 0.15) is 5.82 Å². The van der Waals surface area contributed by atoms with E-state index in [2.05, 4.69) is 40.3 Å². The Bertz CT molecular complexity index is 388. The van der Waals surface area contributed by atoms with Gasteiger partial charge in [-0.25, -0.2) is 4.98 Å². The van der Waals surface area contributed by atoms with Crippen molar-refractivity contribution in [3.8, 4) is 12.8 Å². The Morgan fingerprint density at radius 1 is 1.18 bits per heavy atom. The molecule has 3 N–H and O–H groups in total. The summed E-state index contributed by atoms with van der Waals surface area (Å²) < 4.78 is 0. The zero-order valence-corrected chi connectivity index (χ0v) is 14.1. The second-order valence-corrected chi connectivity index (χ2v) is 4.49. The lowest BCUT2D eigenvalue weighted by Crippen LogP contribution is -2.23. The van der Waals surface area contributed by atoms with Crippen LogP contribution in [0, 0.1) is 12.8 Å². The van der Waals surface area contributed by atoms with E-state index in [4.69, 9.17) is 5.11 Å². The molecule has 1 heterocycles. The maximum Gasteiger partial charge on any atom is 0.220 e. The third-order valence-corrected chi connectivity index (χ3v) is 2.85. The Balaban J connectivity index is 0. The SMILES string of the molecule is C#C.CCCCCCCC(=O)NCc1nc(CC)n[nH]1.CO. The van der Waals surface area contributed by atoms with E-state index in [9.17, 15) is 4.79 Å². The van der Waals surface area contributed by atoms with Gasteiger partial charge in [0.25, 0.3) is 0 Å². The summed E-state index contributed by atoms with van der Waals surface area (Å²) in [5.74, 6) is 1.62. The number of aromatic nitrogens is 3. The number of aliphatic hydroxyl groups is 1. The lowest BCUT2D eigenvalue weighted by Gasteiger charge is -2.02. The summed E-state index contributed by atoms with van der Waals surface area (Å²) in [5, 5.41) is 16.7. The highest BCUT2D eigenvalue weighted by Crippen LogP contribution is 2.04. The number of nitrogens with zero attached hydrogens (tertiary/aromatic N) is 2. The molecule has 0 aliphatic heterocycles. The molecule has 0 saturated heterocycles. The molecule has 6 nitrogen and oxygen atoms in total. The molecule has 0 aromatic carbocycles. The summed E-state index contributed by atoms with van der Waals surface area (Å²) in [6.45, 7) is 4.64. The second kappa shape index (κ2) is 17.2. The number of unbranched alkanes of at least 4 members (excludes halogenated alkanes) is 4. The molecule has 0 unspecified atom stereocenters. The Morgan fingerprint density at radius 3 is 2.36 bits per heavy atom. The number of hydrogen-bond donors (Lipinski definition) is 3. The Labute approximate surface area is 134 Å². The molecule has 1 amide bonds. The monoisotopic (exact) mass is 310 g/mol. The van der Waals surface area contributed by atoms with Gasteiger partial charge in [0.05, 0.1) is 6.54 Å². The number of aryl methyl sites for hydroxylation is 1. The summed E-state index contributed by atoms with van der Waals surface area (Å²) in [6.07, 6.45) is 15.3. The number of nitrogens with one attached hydrogen (secondary N) is 2. The maximum absolute atomic E-state index is 11.6. The van der Waals surface area contributed by atoms with Gasteiger partial charge in [-0.1, -0.05) is 39.5 Å². The molecule has 0 fully saturated rings. The number of terminal acetylenes is 1. The van der Waals surface area contributed by atoms with E-state index in [0.29, 0.717) is 13.0 Å². The number of rotatable bonds is 9. The van der Waals surface area contributed by atoms with Crippen LogP contribution in [0.3, 0.4) is 0 Å². The van der Waals surface area contributed by atoms with Gasteiger partial charge < -0.3 is 10.4 Å². The van der Waals surface area contributed by atoms with Crippen LogP contribution < -0.4 is 5.32 Å². The topological polar surface area (TPSA) is 90.9 Å². The van der Waals surface area contributed by atoms with E-state index in [1.54, 1.807) is 0 Å². The van der Waals surface area contributed by atoms with Gasteiger partial charge in [-0.2, -0.15) is 5.10 Å². The molecule has 0 radical (unpaired) electrons. The van der Waals surface area contributed by atoms with E-state index in [-0.39, 0.29) is 5.91 Å². The van der Waals surface area contributed by atoms with Crippen molar-refractivity contribution < 1.29 is 9.90 Å². The van der Waals surface area contributed by atoms with Crippen LogP contribution in [0.15, 0.2) is 0 Å². The first kappa shape index (κ1) is 22.4. The quantitative estimate of drug-likeness (QED) is 0.482. The van der Waals surface area contributed by atoms with Crippen LogP contribution in [0.5, 0.6) is 0 Å². The summed E-state index contributed by atoms with van der Waals surface area (Å²) >= 11 is 0. The maximum atomic E-state index is 11.6. The fourth-order valence-corrected chi connectivity index (χ4v) is 1.73. The summed E-state index contributed by atoms with van der Waals surface area (Å²) in [7, 11) is 1.00. The largest absolute Gasteiger partial charge is 0.400 e. The lowest BCUT2D eigenvalue weighted by atomic mass is 10.1. The minimum absolute atomic E-state index is 0.0981. The predicted octanol–water partition coefficient (Wildman–Crippen LogP) is 2.20. The zero-order chi connectivity index (χ0) is 17.2. The van der Waals surface area contributed by atoms with Crippen LogP contribution in [-0.4, -0.2) is 33.3 Å². The molecule has 0 atom stereocenters. The second-order valence-electron chi connectivity index (χ2n) is 4.49. The van der Waals surface area contributed by atoms with Crippen molar-refractivity contribution in [3.63, 3.8) is 0 Å². The molecule has 1 rings (SSSR count). The van der Waals surface area contributed by atoms with Gasteiger partial charge in [0, 0.05) is 20.0 Å². The van der Waals surface area contributed by atoms with Crippen molar-refractivity contribution in [2.24, 2.45) is 0 Å². The van der Waals surface area contributed by atoms with Gasteiger partial charge in [0.15, 0.2) is 5.82 Å². The molecule has 22 heavy (non-hydrogen) atoms. The average Bonchev–Trinajstić information content (AvgIpc) is 3.04. The normalized spacial score (nSPS) is 9.00. The highest BCUT2D eigenvalue weighted by atomic mass is 16.2. The van der Waals surface area contributed by atoms with E-state index in [0.717, 1.165) is 38.0 Å². The fraction of sp³-hybridized carbons (Fsp3) is 0.688. The van der Waals surface area contributed by atoms with Crippen molar-refractivity contribution >= 4 is 5.91 Å². The first-order chi connectivity index (χ1) is 10.8. The van der Waals surface area contributed by atoms with Crippen LogP contribution in [0.4, 0.5) is 0 Å². The summed E-state index contributed by atoms with van der Waals surface area (Å²) in [6, 6.07) is 0. The molecule has 1 aromatic rings. The van der Waals surface area contributed by atoms with Crippen molar-refractivity contribution in [1.29, 1.82) is 0 Å². The van der Waals surface area contributed by atoms with E-state index in [1.165, 1.54) is 19.3 Å². The summed E-state index contributed by atoms with van der Waals surface area (Å²) in [4.78, 5) is 15.8. The average molecular weight is 310 g/mol. The first-order valence-corrected chi connectivity index (χ1v) is 7.71. The zero-order valence-electron chi connectivity index (χ0n) is 14.1. The third-order valence-electron chi connectivity index (χ3n) is 2.85. The van der Waals surface area contributed by atoms with E-state index >= 15 is 0 Å². The molecule has 0 spiro atoms. The minimum Gasteiger partial charge on any atom is -0.400 e. The number of aromatic amines is 1.